The Hall–Kier alpha value is 0.666. The third kappa shape index (κ3) is 6.70. The number of rotatable bonds is 0. The van der Waals surface area contributed by atoms with Gasteiger partial charge in [-0.25, -0.2) is 0 Å². The Kier molecular flexibility index (Phi) is 7.38. The van der Waals surface area contributed by atoms with Crippen molar-refractivity contribution in [3.8, 4) is 0 Å². The first-order valence-corrected chi connectivity index (χ1v) is 10.8. The minimum absolute atomic E-state index is 0.0417. The molecule has 0 saturated carbocycles. The van der Waals surface area contributed by atoms with Gasteiger partial charge in [0.1, 0.15) is 5.69 Å². The molecule has 1 radical (unpaired) electrons. The second kappa shape index (κ2) is 7.02. The van der Waals surface area contributed by atoms with Crippen LogP contribution in [0.15, 0.2) is 18.3 Å². The van der Waals surface area contributed by atoms with Gasteiger partial charge >= 0.3 is 22.2 Å². The Morgan fingerprint density at radius 3 is 2.15 bits per heavy atom. The Morgan fingerprint density at radius 1 is 1.38 bits per heavy atom. The van der Waals surface area contributed by atoms with Gasteiger partial charge in [-0.1, -0.05) is 6.07 Å². The monoisotopic (exact) mass is 328 g/mol. The first-order chi connectivity index (χ1) is 6.02. The van der Waals surface area contributed by atoms with Crippen molar-refractivity contribution in [1.82, 2.24) is 4.98 Å². The lowest BCUT2D eigenvalue weighted by atomic mass is 10.3. The second-order valence-corrected chi connectivity index (χ2v) is 9.82. The van der Waals surface area contributed by atoms with Gasteiger partial charge < -0.3 is 0 Å². The normalized spacial score (nSPS) is 9.62. The topological polar surface area (TPSA) is 12.9 Å². The van der Waals surface area contributed by atoms with Crippen LogP contribution < -0.4 is 0 Å². The van der Waals surface area contributed by atoms with Gasteiger partial charge in [0.05, 0.1) is 0 Å². The van der Waals surface area contributed by atoms with E-state index in [9.17, 15) is 13.2 Å². The summed E-state index contributed by atoms with van der Waals surface area (Å²) in [6.07, 6.45) is -3.35. The Labute approximate surface area is 95.6 Å². The number of hydrogen-bond acceptors (Lipinski definition) is 1. The van der Waals surface area contributed by atoms with Crippen LogP contribution in [0.1, 0.15) is 5.69 Å². The summed E-state index contributed by atoms with van der Waals surface area (Å²) < 4.78 is 35.1. The summed E-state index contributed by atoms with van der Waals surface area (Å²) in [5.74, 6) is 0. The molecule has 0 saturated heterocycles. The molecule has 1 aromatic heterocycles. The van der Waals surface area contributed by atoms with E-state index in [0.717, 1.165) is 12.3 Å². The first kappa shape index (κ1) is 13.7. The van der Waals surface area contributed by atoms with Crippen molar-refractivity contribution in [2.75, 3.05) is 0 Å². The summed E-state index contributed by atoms with van der Waals surface area (Å²) in [6, 6.07) is 4.45. The van der Waals surface area contributed by atoms with Crippen LogP contribution in [0, 0.1) is 6.07 Å². The molecule has 0 atom stereocenters. The number of nitrogens with zero attached hydrogens (tertiary/aromatic N) is 1. The third-order valence-corrected chi connectivity index (χ3v) is 0.906. The molecule has 7 heteroatoms. The third-order valence-electron chi connectivity index (χ3n) is 0.906. The maximum Gasteiger partial charge on any atom is 0.560 e. The van der Waals surface area contributed by atoms with Gasteiger partial charge in [0, 0.05) is 12.3 Å². The molecular formula is C6H3Br2F3MgN. The van der Waals surface area contributed by atoms with E-state index in [1.807, 2.05) is 0 Å². The molecule has 0 aliphatic heterocycles. The minimum Gasteiger partial charge on any atom is -0.280 e. The lowest BCUT2D eigenvalue weighted by molar-refractivity contribution is -0.141. The second-order valence-electron chi connectivity index (χ2n) is 1.74. The van der Waals surface area contributed by atoms with Gasteiger partial charge in [0.2, 0.25) is 0 Å². The highest BCUT2D eigenvalue weighted by Gasteiger charge is 2.31. The molecule has 1 aromatic rings. The molecule has 0 unspecified atom stereocenters. The SMILES string of the molecule is FC(F)(F)c1cc[c]cn1.[Br][Mg][Br]. The first-order valence-electron chi connectivity index (χ1n) is 3.03. The molecule has 0 aliphatic rings. The lowest BCUT2D eigenvalue weighted by Crippen LogP contribution is -2.06. The summed E-state index contributed by atoms with van der Waals surface area (Å²) in [5.41, 5.74) is -0.883. The number of pyridine rings is 1. The number of hydrogen-bond donors (Lipinski definition) is 0. The van der Waals surface area contributed by atoms with Crippen molar-refractivity contribution in [2.45, 2.75) is 6.18 Å². The van der Waals surface area contributed by atoms with Gasteiger partial charge in [-0.05, 0) is 6.07 Å². The van der Waals surface area contributed by atoms with E-state index in [-0.39, 0.29) is 16.0 Å². The maximum absolute atomic E-state index is 11.7. The Morgan fingerprint density at radius 2 is 1.92 bits per heavy atom. The molecule has 69 valence electrons. The van der Waals surface area contributed by atoms with E-state index in [1.165, 1.54) is 6.07 Å². The van der Waals surface area contributed by atoms with Crippen LogP contribution in [-0.2, 0) is 6.18 Å². The van der Waals surface area contributed by atoms with Gasteiger partial charge in [-0.15, -0.1) is 0 Å². The fraction of sp³-hybridized carbons (Fsp3) is 0.167. The van der Waals surface area contributed by atoms with E-state index in [1.54, 1.807) is 0 Å². The zero-order chi connectivity index (χ0) is 10.3. The van der Waals surface area contributed by atoms with Crippen LogP contribution in [-0.4, -0.2) is 21.0 Å². The van der Waals surface area contributed by atoms with Crippen molar-refractivity contribution in [2.24, 2.45) is 0 Å². The molecule has 1 heterocycles. The van der Waals surface area contributed by atoms with Crippen LogP contribution in [0.5, 0.6) is 0 Å². The van der Waals surface area contributed by atoms with Crippen molar-refractivity contribution in [3.05, 3.63) is 30.1 Å². The molecule has 0 bridgehead atoms. The molecule has 0 aliphatic carbocycles. The quantitative estimate of drug-likeness (QED) is 0.666. The van der Waals surface area contributed by atoms with Gasteiger partial charge in [0.15, 0.2) is 0 Å². The lowest BCUT2D eigenvalue weighted by Gasteiger charge is -2.02. The summed E-state index contributed by atoms with van der Waals surface area (Å²) >= 11 is 6.44. The number of alkyl halides is 3. The van der Waals surface area contributed by atoms with Crippen LogP contribution >= 0.6 is 25.8 Å². The van der Waals surface area contributed by atoms with Crippen molar-refractivity contribution in [3.63, 3.8) is 0 Å². The average Bonchev–Trinajstić information content (AvgIpc) is 2.06. The average molecular weight is 330 g/mol. The zero-order valence-electron chi connectivity index (χ0n) is 6.28. The minimum atomic E-state index is -4.34. The molecule has 0 amide bonds. The molecule has 13 heavy (non-hydrogen) atoms. The summed E-state index contributed by atoms with van der Waals surface area (Å²) in [7, 11) is 0. The summed E-state index contributed by atoms with van der Waals surface area (Å²) in [4.78, 5) is 3.07. The van der Waals surface area contributed by atoms with E-state index in [4.69, 9.17) is 0 Å². The number of halogens is 5. The van der Waals surface area contributed by atoms with Crippen molar-refractivity contribution >= 4 is 41.8 Å². The standard InChI is InChI=1S/C6H3F3N.2BrH.Mg/c7-6(8,9)5-3-1-2-4-10-5;;;/h1,3-4H;2*1H;/q;;;+2/p-2. The smallest absolute Gasteiger partial charge is 0.280 e. The maximum atomic E-state index is 11.7. The van der Waals surface area contributed by atoms with E-state index in [0.29, 0.717) is 0 Å². The van der Waals surface area contributed by atoms with Crippen LogP contribution in [0.4, 0.5) is 13.2 Å². The van der Waals surface area contributed by atoms with Gasteiger partial charge in [-0.2, -0.15) is 13.2 Å². The highest BCUT2D eigenvalue weighted by molar-refractivity contribution is 9.47. The van der Waals surface area contributed by atoms with Crippen molar-refractivity contribution < 1.29 is 13.2 Å². The predicted octanol–water partition coefficient (Wildman–Crippen LogP) is 3.21. The Bertz CT molecular complexity index is 229. The van der Waals surface area contributed by atoms with Gasteiger partial charge in [-0.3, -0.25) is 30.8 Å². The summed E-state index contributed by atoms with van der Waals surface area (Å²) in [5, 5.41) is 0. The highest BCUT2D eigenvalue weighted by Crippen LogP contribution is 2.26. The molecule has 0 aromatic carbocycles. The molecule has 1 rings (SSSR count). The fourth-order valence-electron chi connectivity index (χ4n) is 0.488. The molecule has 0 fully saturated rings. The van der Waals surface area contributed by atoms with Crippen LogP contribution in [0.3, 0.4) is 0 Å². The van der Waals surface area contributed by atoms with E-state index in [2.05, 4.69) is 36.8 Å². The van der Waals surface area contributed by atoms with Gasteiger partial charge in [0.25, 0.3) is 0 Å². The van der Waals surface area contributed by atoms with Crippen LogP contribution in [0.2, 0.25) is 0 Å². The fourth-order valence-corrected chi connectivity index (χ4v) is 0.488. The molecule has 1 nitrogen and oxygen atoms in total. The zero-order valence-corrected chi connectivity index (χ0v) is 10.9. The highest BCUT2D eigenvalue weighted by atomic mass is 79.9. The van der Waals surface area contributed by atoms with Crippen LogP contribution in [0.25, 0.3) is 0 Å². The molecule has 0 spiro atoms. The van der Waals surface area contributed by atoms with Crippen molar-refractivity contribution in [1.29, 1.82) is 0 Å². The molecule has 0 N–H and O–H groups in total. The van der Waals surface area contributed by atoms with E-state index >= 15 is 0 Å². The Balaban J connectivity index is 0.000000424. The predicted molar refractivity (Wildman–Crippen MR) is 51.7 cm³/mol. The van der Waals surface area contributed by atoms with E-state index < -0.39 is 11.9 Å². The summed E-state index contributed by atoms with van der Waals surface area (Å²) in [6.45, 7) is 0. The molecular weight excluding hydrogens is 327 g/mol. The number of aromatic nitrogens is 1. The largest absolute Gasteiger partial charge is 0.560 e.